The van der Waals surface area contributed by atoms with Crippen molar-refractivity contribution in [1.82, 2.24) is 9.55 Å². The van der Waals surface area contributed by atoms with Crippen LogP contribution in [-0.4, -0.2) is 9.55 Å². The molecule has 0 bridgehead atoms. The molecule has 4 heteroatoms. The van der Waals surface area contributed by atoms with Gasteiger partial charge in [-0.3, -0.25) is 0 Å². The number of nitrogen functional groups attached to an aromatic ring is 1. The van der Waals surface area contributed by atoms with Gasteiger partial charge in [-0.05, 0) is 12.8 Å². The maximum absolute atomic E-state index is 8.31. The maximum atomic E-state index is 8.31. The van der Waals surface area contributed by atoms with Crippen LogP contribution in [0.3, 0.4) is 0 Å². The Morgan fingerprint density at radius 3 is 2.92 bits per heavy atom. The van der Waals surface area contributed by atoms with Crippen LogP contribution in [0.4, 0.5) is 5.95 Å². The number of hydrogen-bond acceptors (Lipinski definition) is 3. The Labute approximate surface area is 78.0 Å². The summed E-state index contributed by atoms with van der Waals surface area (Å²) < 4.78 is 1.92. The largest absolute Gasteiger partial charge is 0.369 e. The highest BCUT2D eigenvalue weighted by Crippen LogP contribution is 2.04. The third-order valence-electron chi connectivity index (χ3n) is 1.94. The molecule has 0 aliphatic heterocycles. The van der Waals surface area contributed by atoms with Crippen molar-refractivity contribution < 1.29 is 0 Å². The lowest BCUT2D eigenvalue weighted by molar-refractivity contribution is 0.597. The summed E-state index contributed by atoms with van der Waals surface area (Å²) in [6.07, 6.45) is 7.34. The number of nitrogens with two attached hydrogens (primary N) is 1. The summed E-state index contributed by atoms with van der Waals surface area (Å²) in [6.45, 7) is 0.900. The van der Waals surface area contributed by atoms with Gasteiger partial charge in [-0.2, -0.15) is 5.26 Å². The lowest BCUT2D eigenvalue weighted by Crippen LogP contribution is -2.02. The number of unbranched alkanes of at least 4 members (excludes halogenated alkanes) is 3. The molecule has 13 heavy (non-hydrogen) atoms. The second kappa shape index (κ2) is 5.20. The number of anilines is 1. The molecule has 1 rings (SSSR count). The molecule has 70 valence electrons. The standard InChI is InChI=1S/C9H14N4/c10-5-3-1-2-4-7-13-8-6-12-9(13)11/h6,8H,1-4,7H2,(H2,11,12). The van der Waals surface area contributed by atoms with E-state index < -0.39 is 0 Å². The van der Waals surface area contributed by atoms with Crippen LogP contribution < -0.4 is 5.73 Å². The van der Waals surface area contributed by atoms with E-state index in [1.165, 1.54) is 0 Å². The van der Waals surface area contributed by atoms with Crippen molar-refractivity contribution in [3.63, 3.8) is 0 Å². The molecule has 0 radical (unpaired) electrons. The molecule has 0 aliphatic carbocycles. The molecule has 1 aromatic heterocycles. The number of aromatic nitrogens is 2. The molecule has 0 saturated carbocycles. The summed E-state index contributed by atoms with van der Waals surface area (Å²) in [7, 11) is 0. The quantitative estimate of drug-likeness (QED) is 0.695. The molecule has 0 amide bonds. The van der Waals surface area contributed by atoms with Crippen LogP contribution in [0.5, 0.6) is 0 Å². The zero-order chi connectivity index (χ0) is 9.52. The van der Waals surface area contributed by atoms with Gasteiger partial charge in [0.05, 0.1) is 6.07 Å². The van der Waals surface area contributed by atoms with Crippen LogP contribution in [0.1, 0.15) is 25.7 Å². The molecule has 0 atom stereocenters. The first-order valence-electron chi connectivity index (χ1n) is 4.48. The van der Waals surface area contributed by atoms with Crippen molar-refractivity contribution in [2.75, 3.05) is 5.73 Å². The van der Waals surface area contributed by atoms with Crippen LogP contribution in [0.15, 0.2) is 12.4 Å². The van der Waals surface area contributed by atoms with E-state index in [0.717, 1.165) is 25.8 Å². The number of nitrogens with zero attached hydrogens (tertiary/aromatic N) is 3. The second-order valence-electron chi connectivity index (χ2n) is 2.95. The van der Waals surface area contributed by atoms with Gasteiger partial charge in [0.2, 0.25) is 0 Å². The molecule has 0 fully saturated rings. The fourth-order valence-electron chi connectivity index (χ4n) is 1.19. The predicted octanol–water partition coefficient (Wildman–Crippen LogP) is 1.55. The van der Waals surface area contributed by atoms with Crippen molar-refractivity contribution in [1.29, 1.82) is 5.26 Å². The smallest absolute Gasteiger partial charge is 0.200 e. The first-order valence-corrected chi connectivity index (χ1v) is 4.48. The van der Waals surface area contributed by atoms with Gasteiger partial charge in [0.25, 0.3) is 0 Å². The summed E-state index contributed by atoms with van der Waals surface area (Å²) in [5, 5.41) is 8.31. The fraction of sp³-hybridized carbons (Fsp3) is 0.556. The minimum Gasteiger partial charge on any atom is -0.369 e. The van der Waals surface area contributed by atoms with Gasteiger partial charge >= 0.3 is 0 Å². The van der Waals surface area contributed by atoms with E-state index in [0.29, 0.717) is 12.4 Å². The Kier molecular flexibility index (Phi) is 3.83. The highest BCUT2D eigenvalue weighted by molar-refractivity contribution is 5.16. The van der Waals surface area contributed by atoms with Crippen LogP contribution in [0.2, 0.25) is 0 Å². The van der Waals surface area contributed by atoms with E-state index >= 15 is 0 Å². The van der Waals surface area contributed by atoms with Gasteiger partial charge in [0.15, 0.2) is 5.95 Å². The van der Waals surface area contributed by atoms with E-state index in [9.17, 15) is 0 Å². The van der Waals surface area contributed by atoms with Crippen LogP contribution in [0.25, 0.3) is 0 Å². The van der Waals surface area contributed by atoms with Crippen molar-refractivity contribution in [3.8, 4) is 6.07 Å². The normalized spacial score (nSPS) is 9.77. The van der Waals surface area contributed by atoms with Crippen molar-refractivity contribution in [3.05, 3.63) is 12.4 Å². The zero-order valence-corrected chi connectivity index (χ0v) is 7.61. The Balaban J connectivity index is 2.14. The van der Waals surface area contributed by atoms with Crippen molar-refractivity contribution in [2.24, 2.45) is 0 Å². The first-order chi connectivity index (χ1) is 6.34. The molecular formula is C9H14N4. The van der Waals surface area contributed by atoms with Gasteiger partial charge in [-0.15, -0.1) is 0 Å². The van der Waals surface area contributed by atoms with Gasteiger partial charge < -0.3 is 10.3 Å². The lowest BCUT2D eigenvalue weighted by atomic mass is 10.2. The first kappa shape index (κ1) is 9.59. The Morgan fingerprint density at radius 1 is 1.46 bits per heavy atom. The number of imidazole rings is 1. The number of hydrogen-bond donors (Lipinski definition) is 1. The van der Waals surface area contributed by atoms with Crippen molar-refractivity contribution >= 4 is 5.95 Å². The number of nitriles is 1. The molecule has 0 spiro atoms. The van der Waals surface area contributed by atoms with E-state index in [4.69, 9.17) is 11.0 Å². The summed E-state index contributed by atoms with van der Waals surface area (Å²) in [5.41, 5.74) is 5.58. The maximum Gasteiger partial charge on any atom is 0.200 e. The zero-order valence-electron chi connectivity index (χ0n) is 7.61. The van der Waals surface area contributed by atoms with E-state index in [2.05, 4.69) is 11.1 Å². The average molecular weight is 178 g/mol. The van der Waals surface area contributed by atoms with E-state index in [1.807, 2.05) is 10.8 Å². The van der Waals surface area contributed by atoms with Crippen LogP contribution in [-0.2, 0) is 6.54 Å². The molecule has 0 unspecified atom stereocenters. The Hall–Kier alpha value is -1.50. The van der Waals surface area contributed by atoms with Crippen LogP contribution >= 0.6 is 0 Å². The molecule has 1 heterocycles. The predicted molar refractivity (Wildman–Crippen MR) is 50.7 cm³/mol. The SMILES string of the molecule is N#CCCCCCn1ccnc1N. The van der Waals surface area contributed by atoms with Gasteiger partial charge in [-0.25, -0.2) is 4.98 Å². The monoisotopic (exact) mass is 178 g/mol. The van der Waals surface area contributed by atoms with E-state index in [-0.39, 0.29) is 0 Å². The third-order valence-corrected chi connectivity index (χ3v) is 1.94. The topological polar surface area (TPSA) is 67.6 Å². The second-order valence-corrected chi connectivity index (χ2v) is 2.95. The lowest BCUT2D eigenvalue weighted by Gasteiger charge is -2.02. The number of aryl methyl sites for hydroxylation is 1. The molecule has 1 aromatic rings. The fourth-order valence-corrected chi connectivity index (χ4v) is 1.19. The molecule has 0 saturated heterocycles. The molecule has 0 aromatic carbocycles. The summed E-state index contributed by atoms with van der Waals surface area (Å²) in [5.74, 6) is 0.570. The summed E-state index contributed by atoms with van der Waals surface area (Å²) in [4.78, 5) is 3.92. The molecule has 0 aliphatic rings. The Morgan fingerprint density at radius 2 is 2.31 bits per heavy atom. The van der Waals surface area contributed by atoms with E-state index in [1.54, 1.807) is 6.20 Å². The Bertz CT molecular complexity index is 284. The van der Waals surface area contributed by atoms with Crippen molar-refractivity contribution in [2.45, 2.75) is 32.2 Å². The minimum atomic E-state index is 0.570. The highest BCUT2D eigenvalue weighted by atomic mass is 15.1. The minimum absolute atomic E-state index is 0.570. The van der Waals surface area contributed by atoms with Crippen LogP contribution in [0, 0.1) is 11.3 Å². The summed E-state index contributed by atoms with van der Waals surface area (Å²) >= 11 is 0. The molecular weight excluding hydrogens is 164 g/mol. The highest BCUT2D eigenvalue weighted by Gasteiger charge is 1.96. The van der Waals surface area contributed by atoms with Gasteiger partial charge in [0, 0.05) is 25.4 Å². The van der Waals surface area contributed by atoms with Gasteiger partial charge in [0.1, 0.15) is 0 Å². The third kappa shape index (κ3) is 3.16. The molecule has 2 N–H and O–H groups in total. The number of rotatable bonds is 5. The molecule has 4 nitrogen and oxygen atoms in total. The van der Waals surface area contributed by atoms with Gasteiger partial charge in [-0.1, -0.05) is 6.42 Å². The summed E-state index contributed by atoms with van der Waals surface area (Å²) in [6, 6.07) is 2.13. The average Bonchev–Trinajstić information content (AvgIpc) is 2.52.